The summed E-state index contributed by atoms with van der Waals surface area (Å²) < 4.78 is 23.7. The Bertz CT molecular complexity index is 1030. The summed E-state index contributed by atoms with van der Waals surface area (Å²) in [6.45, 7) is 5.80. The fraction of sp³-hybridized carbons (Fsp3) is 0.524. The van der Waals surface area contributed by atoms with Crippen molar-refractivity contribution in [1.29, 1.82) is 0 Å². The van der Waals surface area contributed by atoms with E-state index in [4.69, 9.17) is 9.26 Å². The molecule has 0 saturated heterocycles. The highest BCUT2D eigenvalue weighted by atomic mass is 31.2. The van der Waals surface area contributed by atoms with Crippen LogP contribution in [0.5, 0.6) is 5.75 Å². The molecular formula is C21H29N2O6P. The zero-order chi connectivity index (χ0) is 22.1. The second kappa shape index (κ2) is 8.53. The first-order valence-corrected chi connectivity index (χ1v) is 11.6. The fourth-order valence-electron chi connectivity index (χ4n) is 3.54. The van der Waals surface area contributed by atoms with E-state index in [9.17, 15) is 19.1 Å². The van der Waals surface area contributed by atoms with Gasteiger partial charge >= 0.3 is 7.82 Å². The van der Waals surface area contributed by atoms with Crippen LogP contribution in [0.25, 0.3) is 16.7 Å². The zero-order valence-corrected chi connectivity index (χ0v) is 18.7. The van der Waals surface area contributed by atoms with E-state index in [1.54, 1.807) is 30.0 Å². The highest BCUT2D eigenvalue weighted by molar-refractivity contribution is 7.46. The summed E-state index contributed by atoms with van der Waals surface area (Å²) in [4.78, 5) is 31.9. The quantitative estimate of drug-likeness (QED) is 0.465. The van der Waals surface area contributed by atoms with Gasteiger partial charge in [0.05, 0.1) is 12.6 Å². The van der Waals surface area contributed by atoms with E-state index >= 15 is 0 Å². The lowest BCUT2D eigenvalue weighted by Gasteiger charge is -2.20. The minimum atomic E-state index is -4.78. The van der Waals surface area contributed by atoms with Crippen molar-refractivity contribution in [3.63, 3.8) is 0 Å². The van der Waals surface area contributed by atoms with Crippen LogP contribution in [0.15, 0.2) is 23.8 Å². The van der Waals surface area contributed by atoms with E-state index in [-0.39, 0.29) is 18.1 Å². The number of methoxy groups -OCH3 is 1. The van der Waals surface area contributed by atoms with Gasteiger partial charge in [-0.25, -0.2) is 4.57 Å². The van der Waals surface area contributed by atoms with Gasteiger partial charge in [0, 0.05) is 16.9 Å². The Morgan fingerprint density at radius 3 is 2.50 bits per heavy atom. The number of nitrogens with zero attached hydrogens (tertiary/aromatic N) is 2. The molecule has 1 aromatic carbocycles. The smallest absolute Gasteiger partial charge is 0.497 e. The number of Topliss-reactive ketones (excluding diaryl/α,β-unsaturated/α-hetero) is 1. The van der Waals surface area contributed by atoms with Gasteiger partial charge in [-0.3, -0.25) is 19.3 Å². The van der Waals surface area contributed by atoms with Crippen molar-refractivity contribution in [2.24, 2.45) is 5.41 Å². The van der Waals surface area contributed by atoms with E-state index in [0.717, 1.165) is 18.4 Å². The molecule has 9 heteroatoms. The van der Waals surface area contributed by atoms with Crippen LogP contribution in [0.1, 0.15) is 58.6 Å². The molecule has 1 saturated carbocycles. The number of carbonyl (C=O) groups excluding carboxylic acids is 1. The number of phosphoric ester groups is 1. The Labute approximate surface area is 176 Å². The molecule has 1 aliphatic carbocycles. The summed E-state index contributed by atoms with van der Waals surface area (Å²) in [5.74, 6) is 0.745. The van der Waals surface area contributed by atoms with Crippen LogP contribution in [-0.2, 0) is 20.4 Å². The highest BCUT2D eigenvalue weighted by Crippen LogP contribution is 2.46. The molecule has 1 aromatic heterocycles. The van der Waals surface area contributed by atoms with E-state index in [1.807, 2.05) is 20.8 Å². The molecule has 0 radical (unpaired) electrons. The predicted molar refractivity (Wildman–Crippen MR) is 114 cm³/mol. The zero-order valence-electron chi connectivity index (χ0n) is 17.8. The number of benzene rings is 1. The minimum Gasteiger partial charge on any atom is -0.497 e. The van der Waals surface area contributed by atoms with Crippen molar-refractivity contribution in [2.75, 3.05) is 7.11 Å². The number of allylic oxidation sites excluding steroid dienone is 1. The van der Waals surface area contributed by atoms with Crippen LogP contribution in [0.3, 0.4) is 0 Å². The first-order chi connectivity index (χ1) is 14.1. The van der Waals surface area contributed by atoms with Crippen molar-refractivity contribution in [2.45, 2.75) is 59.4 Å². The third-order valence-electron chi connectivity index (χ3n) is 5.84. The molecule has 0 bridgehead atoms. The van der Waals surface area contributed by atoms with E-state index in [1.165, 1.54) is 0 Å². The monoisotopic (exact) mass is 436 g/mol. The maximum Gasteiger partial charge on any atom is 0.524 e. The van der Waals surface area contributed by atoms with Crippen molar-refractivity contribution in [3.05, 3.63) is 29.5 Å². The van der Waals surface area contributed by atoms with Gasteiger partial charge in [0.25, 0.3) is 0 Å². The highest BCUT2D eigenvalue weighted by Gasteiger charge is 2.30. The molecule has 0 unspecified atom stereocenters. The molecule has 2 N–H and O–H groups in total. The van der Waals surface area contributed by atoms with Gasteiger partial charge in [0.1, 0.15) is 18.0 Å². The molecule has 3 rings (SSSR count). The second-order valence-electron chi connectivity index (χ2n) is 8.27. The molecule has 8 nitrogen and oxygen atoms in total. The SMILES string of the molecule is CCC(C)(C)C(=O)Cn1nc(C(OP(=O)(O)O)=C2CCCC2)c2ccc(OC)cc21. The van der Waals surface area contributed by atoms with Crippen LogP contribution in [-0.4, -0.2) is 32.5 Å². The number of aromatic nitrogens is 2. The third kappa shape index (κ3) is 4.77. The van der Waals surface area contributed by atoms with E-state index in [2.05, 4.69) is 5.10 Å². The molecular weight excluding hydrogens is 407 g/mol. The normalized spacial score (nSPS) is 14.9. The Balaban J connectivity index is 2.18. The van der Waals surface area contributed by atoms with Gasteiger partial charge in [0.15, 0.2) is 11.5 Å². The summed E-state index contributed by atoms with van der Waals surface area (Å²) in [5.41, 5.74) is 1.32. The van der Waals surface area contributed by atoms with Gasteiger partial charge in [-0.05, 0) is 49.8 Å². The van der Waals surface area contributed by atoms with Crippen LogP contribution in [0, 0.1) is 5.41 Å². The van der Waals surface area contributed by atoms with Crippen LogP contribution in [0.4, 0.5) is 0 Å². The lowest BCUT2D eigenvalue weighted by Crippen LogP contribution is -2.27. The van der Waals surface area contributed by atoms with Crippen LogP contribution in [0.2, 0.25) is 0 Å². The fourth-order valence-corrected chi connectivity index (χ4v) is 3.99. The van der Waals surface area contributed by atoms with E-state index < -0.39 is 13.2 Å². The first-order valence-electron chi connectivity index (χ1n) is 10.1. The predicted octanol–water partition coefficient (Wildman–Crippen LogP) is 4.44. The molecule has 1 heterocycles. The van der Waals surface area contributed by atoms with Crippen LogP contribution >= 0.6 is 7.82 Å². The standard InChI is InChI=1S/C21H29N2O6P/c1-5-21(2,3)18(24)13-23-17-12-15(28-4)10-11-16(17)19(22-23)20(29-30(25,26)27)14-8-6-7-9-14/h10-12H,5-9,13H2,1-4H3,(H2,25,26,27). The number of phosphoric acid groups is 1. The lowest BCUT2D eigenvalue weighted by atomic mass is 9.85. The number of carbonyl (C=O) groups is 1. The topological polar surface area (TPSA) is 111 Å². The number of rotatable bonds is 8. The maximum absolute atomic E-state index is 12.9. The summed E-state index contributed by atoms with van der Waals surface area (Å²) in [5, 5.41) is 5.25. The average molecular weight is 436 g/mol. The van der Waals surface area contributed by atoms with Crippen molar-refractivity contribution >= 4 is 30.3 Å². The van der Waals surface area contributed by atoms with Gasteiger partial charge in [0.2, 0.25) is 0 Å². The summed E-state index contributed by atoms with van der Waals surface area (Å²) >= 11 is 0. The van der Waals surface area contributed by atoms with Crippen molar-refractivity contribution < 1.29 is 28.4 Å². The number of fused-ring (bicyclic) bond motifs is 1. The van der Waals surface area contributed by atoms with Gasteiger partial charge in [-0.15, -0.1) is 0 Å². The molecule has 0 amide bonds. The Morgan fingerprint density at radius 1 is 1.27 bits per heavy atom. The van der Waals surface area contributed by atoms with E-state index in [0.29, 0.717) is 41.6 Å². The molecule has 0 atom stereocenters. The third-order valence-corrected chi connectivity index (χ3v) is 6.26. The summed E-state index contributed by atoms with van der Waals surface area (Å²) in [6.07, 6.45) is 3.94. The lowest BCUT2D eigenvalue weighted by molar-refractivity contribution is -0.128. The molecule has 2 aromatic rings. The van der Waals surface area contributed by atoms with Gasteiger partial charge < -0.3 is 9.26 Å². The number of ketones is 1. The Morgan fingerprint density at radius 2 is 1.93 bits per heavy atom. The average Bonchev–Trinajstić information content (AvgIpc) is 3.33. The van der Waals surface area contributed by atoms with Crippen LogP contribution < -0.4 is 4.74 Å². The van der Waals surface area contributed by atoms with Crippen molar-refractivity contribution in [1.82, 2.24) is 9.78 Å². The van der Waals surface area contributed by atoms with Crippen molar-refractivity contribution in [3.8, 4) is 5.75 Å². The largest absolute Gasteiger partial charge is 0.524 e. The number of ether oxygens (including phenoxy) is 1. The van der Waals surface area contributed by atoms with Gasteiger partial charge in [-0.1, -0.05) is 20.8 Å². The minimum absolute atomic E-state index is 0.0229. The summed E-state index contributed by atoms with van der Waals surface area (Å²) in [6, 6.07) is 5.30. The molecule has 1 aliphatic rings. The number of hydrogen-bond acceptors (Lipinski definition) is 5. The molecule has 0 aliphatic heterocycles. The molecule has 1 fully saturated rings. The first kappa shape index (κ1) is 22.5. The Kier molecular flexibility index (Phi) is 6.41. The molecule has 30 heavy (non-hydrogen) atoms. The Hall–Kier alpha value is -2.15. The van der Waals surface area contributed by atoms with Gasteiger partial charge in [-0.2, -0.15) is 5.10 Å². The molecule has 164 valence electrons. The number of hydrogen-bond donors (Lipinski definition) is 2. The molecule has 0 spiro atoms. The second-order valence-corrected chi connectivity index (χ2v) is 9.44. The summed E-state index contributed by atoms with van der Waals surface area (Å²) in [7, 11) is -3.23. The maximum atomic E-state index is 12.9.